The summed E-state index contributed by atoms with van der Waals surface area (Å²) in [5.74, 6) is 2.29. The average molecular weight is 301 g/mol. The van der Waals surface area contributed by atoms with Gasteiger partial charge in [0.15, 0.2) is 0 Å². The molecule has 120 valence electrons. The van der Waals surface area contributed by atoms with Gasteiger partial charge in [0.25, 0.3) is 0 Å². The van der Waals surface area contributed by atoms with Gasteiger partial charge in [-0.05, 0) is 63.4 Å². The van der Waals surface area contributed by atoms with Crippen molar-refractivity contribution < 1.29 is 9.53 Å². The van der Waals surface area contributed by atoms with Gasteiger partial charge in [-0.3, -0.25) is 0 Å². The molecule has 0 aromatic heterocycles. The lowest BCUT2D eigenvalue weighted by molar-refractivity contribution is 0.0265. The van der Waals surface area contributed by atoms with E-state index in [1.54, 1.807) is 0 Å². The largest absolute Gasteiger partial charge is 0.444 e. The van der Waals surface area contributed by atoms with Crippen molar-refractivity contribution >= 4 is 6.09 Å². The maximum Gasteiger partial charge on any atom is 0.410 e. The fourth-order valence-corrected chi connectivity index (χ4v) is 3.74. The molecule has 22 heavy (non-hydrogen) atoms. The molecule has 0 N–H and O–H groups in total. The summed E-state index contributed by atoms with van der Waals surface area (Å²) in [6, 6.07) is 10.7. The molecule has 1 heterocycles. The van der Waals surface area contributed by atoms with Gasteiger partial charge in [0.05, 0.1) is 0 Å². The molecule has 1 aromatic rings. The van der Waals surface area contributed by atoms with Crippen LogP contribution in [0.5, 0.6) is 0 Å². The van der Waals surface area contributed by atoms with Crippen LogP contribution in [-0.2, 0) is 11.2 Å². The van der Waals surface area contributed by atoms with Gasteiger partial charge in [0, 0.05) is 13.1 Å². The lowest BCUT2D eigenvalue weighted by Crippen LogP contribution is -2.37. The van der Waals surface area contributed by atoms with Crippen molar-refractivity contribution in [2.45, 2.75) is 45.6 Å². The fraction of sp³-hybridized carbons (Fsp3) is 0.632. The van der Waals surface area contributed by atoms with Crippen LogP contribution in [0.3, 0.4) is 0 Å². The third-order valence-electron chi connectivity index (χ3n) is 4.87. The molecule has 3 nitrogen and oxygen atoms in total. The van der Waals surface area contributed by atoms with Crippen molar-refractivity contribution in [2.75, 3.05) is 13.1 Å². The minimum atomic E-state index is -0.390. The Morgan fingerprint density at radius 2 is 1.82 bits per heavy atom. The first-order valence-corrected chi connectivity index (χ1v) is 8.46. The highest BCUT2D eigenvalue weighted by Gasteiger charge is 2.56. The number of nitrogens with zero attached hydrogens (tertiary/aromatic N) is 1. The van der Waals surface area contributed by atoms with Gasteiger partial charge < -0.3 is 9.64 Å². The minimum Gasteiger partial charge on any atom is -0.444 e. The van der Waals surface area contributed by atoms with Crippen LogP contribution < -0.4 is 0 Å². The molecular formula is C19H27NO2. The number of rotatable bonds is 4. The number of ether oxygens (including phenoxy) is 1. The van der Waals surface area contributed by atoms with Crippen LogP contribution in [0.2, 0.25) is 0 Å². The van der Waals surface area contributed by atoms with Crippen molar-refractivity contribution in [3.05, 3.63) is 35.9 Å². The van der Waals surface area contributed by atoms with Gasteiger partial charge in [-0.25, -0.2) is 4.79 Å². The van der Waals surface area contributed by atoms with Crippen LogP contribution in [0.1, 0.15) is 39.2 Å². The van der Waals surface area contributed by atoms with E-state index in [1.165, 1.54) is 24.8 Å². The zero-order valence-corrected chi connectivity index (χ0v) is 13.9. The summed E-state index contributed by atoms with van der Waals surface area (Å²) < 4.78 is 5.45. The van der Waals surface area contributed by atoms with Crippen LogP contribution >= 0.6 is 0 Å². The number of aryl methyl sites for hydroxylation is 1. The third kappa shape index (κ3) is 3.63. The number of benzene rings is 1. The molecule has 0 spiro atoms. The molecule has 1 aromatic carbocycles. The second-order valence-electron chi connectivity index (χ2n) is 7.75. The Kier molecular flexibility index (Phi) is 4.16. The number of carbonyl (C=O) groups excluding carboxylic acids is 1. The molecule has 3 heteroatoms. The zero-order chi connectivity index (χ0) is 15.7. The second-order valence-corrected chi connectivity index (χ2v) is 7.75. The van der Waals surface area contributed by atoms with Crippen molar-refractivity contribution in [1.29, 1.82) is 0 Å². The molecule has 3 rings (SSSR count). The number of likely N-dealkylation sites (tertiary alicyclic amines) is 1. The van der Waals surface area contributed by atoms with E-state index in [0.29, 0.717) is 0 Å². The van der Waals surface area contributed by atoms with Gasteiger partial charge in [-0.2, -0.15) is 0 Å². The first-order chi connectivity index (χ1) is 10.4. The van der Waals surface area contributed by atoms with E-state index in [0.717, 1.165) is 30.8 Å². The van der Waals surface area contributed by atoms with Gasteiger partial charge in [0.2, 0.25) is 0 Å². The van der Waals surface area contributed by atoms with E-state index in [-0.39, 0.29) is 11.7 Å². The van der Waals surface area contributed by atoms with Gasteiger partial charge in [-0.15, -0.1) is 0 Å². The average Bonchev–Trinajstić information content (AvgIpc) is 2.91. The molecule has 0 radical (unpaired) electrons. The monoisotopic (exact) mass is 301 g/mol. The first-order valence-electron chi connectivity index (χ1n) is 8.46. The Balaban J connectivity index is 1.37. The summed E-state index contributed by atoms with van der Waals surface area (Å²) in [5.41, 5.74) is 1.04. The van der Waals surface area contributed by atoms with Crippen LogP contribution in [0.25, 0.3) is 0 Å². The second kappa shape index (κ2) is 5.94. The first kappa shape index (κ1) is 15.4. The maximum absolute atomic E-state index is 12.0. The number of amides is 1. The number of hydrogen-bond acceptors (Lipinski definition) is 2. The van der Waals surface area contributed by atoms with E-state index >= 15 is 0 Å². The Morgan fingerprint density at radius 1 is 1.18 bits per heavy atom. The van der Waals surface area contributed by atoms with E-state index in [1.807, 2.05) is 25.7 Å². The number of hydrogen-bond donors (Lipinski definition) is 0. The third-order valence-corrected chi connectivity index (χ3v) is 4.87. The number of carbonyl (C=O) groups is 1. The van der Waals surface area contributed by atoms with E-state index in [9.17, 15) is 4.79 Å². The molecule has 2 fully saturated rings. The topological polar surface area (TPSA) is 29.5 Å². The molecule has 1 saturated heterocycles. The number of piperidine rings is 1. The Bertz CT molecular complexity index is 508. The zero-order valence-electron chi connectivity index (χ0n) is 13.9. The van der Waals surface area contributed by atoms with E-state index < -0.39 is 0 Å². The normalized spacial score (nSPS) is 26.7. The summed E-state index contributed by atoms with van der Waals surface area (Å²) in [4.78, 5) is 13.9. The molecule has 1 saturated carbocycles. The molecule has 1 aliphatic carbocycles. The SMILES string of the molecule is CC(C)(C)OC(=O)N1C[C@@H]2C(CCCc3ccccc3)[C@@H]2C1. The summed E-state index contributed by atoms with van der Waals surface area (Å²) in [6.07, 6.45) is 3.59. The highest BCUT2D eigenvalue weighted by molar-refractivity contribution is 5.68. The fourth-order valence-electron chi connectivity index (χ4n) is 3.74. The lowest BCUT2D eigenvalue weighted by atomic mass is 10.0. The van der Waals surface area contributed by atoms with Crippen molar-refractivity contribution in [3.8, 4) is 0 Å². The van der Waals surface area contributed by atoms with Crippen LogP contribution in [0.4, 0.5) is 4.79 Å². The molecule has 1 unspecified atom stereocenters. The molecule has 1 aliphatic heterocycles. The predicted octanol–water partition coefficient (Wildman–Crippen LogP) is 4.12. The molecule has 2 aliphatic rings. The van der Waals surface area contributed by atoms with Crippen LogP contribution in [0, 0.1) is 17.8 Å². The minimum absolute atomic E-state index is 0.136. The highest BCUT2D eigenvalue weighted by atomic mass is 16.6. The lowest BCUT2D eigenvalue weighted by Gasteiger charge is -2.25. The van der Waals surface area contributed by atoms with E-state index in [4.69, 9.17) is 4.74 Å². The smallest absolute Gasteiger partial charge is 0.410 e. The van der Waals surface area contributed by atoms with Crippen LogP contribution in [0.15, 0.2) is 30.3 Å². The Morgan fingerprint density at radius 3 is 2.41 bits per heavy atom. The molecule has 0 bridgehead atoms. The Hall–Kier alpha value is -1.51. The van der Waals surface area contributed by atoms with Crippen molar-refractivity contribution in [2.24, 2.45) is 17.8 Å². The van der Waals surface area contributed by atoms with Crippen molar-refractivity contribution in [3.63, 3.8) is 0 Å². The summed E-state index contributed by atoms with van der Waals surface area (Å²) >= 11 is 0. The van der Waals surface area contributed by atoms with Crippen molar-refractivity contribution in [1.82, 2.24) is 4.90 Å². The molecule has 1 amide bonds. The van der Waals surface area contributed by atoms with Gasteiger partial charge >= 0.3 is 6.09 Å². The molecular weight excluding hydrogens is 274 g/mol. The van der Waals surface area contributed by atoms with E-state index in [2.05, 4.69) is 30.3 Å². The summed E-state index contributed by atoms with van der Waals surface area (Å²) in [7, 11) is 0. The predicted molar refractivity (Wildman–Crippen MR) is 87.7 cm³/mol. The highest BCUT2D eigenvalue weighted by Crippen LogP contribution is 2.54. The van der Waals surface area contributed by atoms with Gasteiger partial charge in [-0.1, -0.05) is 30.3 Å². The standard InChI is InChI=1S/C19H27NO2/c1-19(2,3)22-18(21)20-12-16-15(17(16)13-20)11-7-10-14-8-5-4-6-9-14/h4-6,8-9,15-17H,7,10-13H2,1-3H3/t15?,16-,17+. The Labute approximate surface area is 133 Å². The summed E-state index contributed by atoms with van der Waals surface area (Å²) in [5, 5.41) is 0. The summed E-state index contributed by atoms with van der Waals surface area (Å²) in [6.45, 7) is 7.57. The van der Waals surface area contributed by atoms with Gasteiger partial charge in [0.1, 0.15) is 5.60 Å². The quantitative estimate of drug-likeness (QED) is 0.837. The van der Waals surface area contributed by atoms with Crippen LogP contribution in [-0.4, -0.2) is 29.7 Å². The number of fused-ring (bicyclic) bond motifs is 1. The maximum atomic E-state index is 12.0. The molecule has 3 atom stereocenters.